The highest BCUT2D eigenvalue weighted by atomic mass is 16.5. The quantitative estimate of drug-likeness (QED) is 0.781. The molecule has 3 atom stereocenters. The molecule has 0 amide bonds. The zero-order chi connectivity index (χ0) is 13.8. The van der Waals surface area contributed by atoms with Crippen LogP contribution in [0.1, 0.15) is 25.8 Å². The molecule has 1 aliphatic rings. The fourth-order valence-electron chi connectivity index (χ4n) is 2.60. The summed E-state index contributed by atoms with van der Waals surface area (Å²) in [7, 11) is 3.88. The molecule has 2 rings (SSSR count). The van der Waals surface area contributed by atoms with Crippen LogP contribution in [0.25, 0.3) is 0 Å². The lowest BCUT2D eigenvalue weighted by Crippen LogP contribution is -2.44. The van der Waals surface area contributed by atoms with Crippen LogP contribution in [0.5, 0.6) is 5.75 Å². The van der Waals surface area contributed by atoms with Gasteiger partial charge in [-0.1, -0.05) is 6.92 Å². The summed E-state index contributed by atoms with van der Waals surface area (Å²) >= 11 is 0. The second-order valence-electron chi connectivity index (χ2n) is 5.62. The fraction of sp³-hybridized carbons (Fsp3) is 0.562. The van der Waals surface area contributed by atoms with E-state index in [1.54, 1.807) is 7.11 Å². The van der Waals surface area contributed by atoms with Crippen molar-refractivity contribution in [2.45, 2.75) is 32.4 Å². The smallest absolute Gasteiger partial charge is 0.118 e. The van der Waals surface area contributed by atoms with Crippen molar-refractivity contribution in [3.05, 3.63) is 29.8 Å². The monoisotopic (exact) mass is 260 g/mol. The first kappa shape index (κ1) is 14.1. The Morgan fingerprint density at radius 2 is 1.95 bits per heavy atom. The van der Waals surface area contributed by atoms with E-state index < -0.39 is 0 Å². The number of aliphatic imine (C=N–C) groups is 1. The van der Waals surface area contributed by atoms with Crippen LogP contribution in [-0.4, -0.2) is 43.9 Å². The summed E-state index contributed by atoms with van der Waals surface area (Å²) in [5, 5.41) is 0. The number of nitrogens with zero attached hydrogens (tertiary/aromatic N) is 2. The molecule has 104 valence electrons. The van der Waals surface area contributed by atoms with E-state index in [2.05, 4.69) is 25.8 Å². The topological polar surface area (TPSA) is 24.8 Å². The molecular weight excluding hydrogens is 236 g/mol. The highest BCUT2D eigenvalue weighted by Gasteiger charge is 2.27. The molecule has 1 aromatic carbocycles. The molecule has 3 nitrogen and oxygen atoms in total. The standard InChI is InChI=1S/C16H24N2O/c1-12-11-18(3)13(2)9-16(12)17-10-14-5-7-15(19-4)8-6-14/h5-8,10,12-13,16H,9,11H2,1-4H3/t12-,13-,16-/m0/s1. The van der Waals surface area contributed by atoms with Gasteiger partial charge < -0.3 is 9.64 Å². The Morgan fingerprint density at radius 1 is 1.26 bits per heavy atom. The van der Waals surface area contributed by atoms with E-state index in [1.807, 2.05) is 30.5 Å². The Bertz CT molecular complexity index is 427. The van der Waals surface area contributed by atoms with Crippen molar-refractivity contribution in [3.8, 4) is 5.75 Å². The Hall–Kier alpha value is -1.35. The van der Waals surface area contributed by atoms with Gasteiger partial charge in [-0.15, -0.1) is 0 Å². The maximum Gasteiger partial charge on any atom is 0.118 e. The second kappa shape index (κ2) is 6.20. The molecule has 0 aliphatic carbocycles. The number of rotatable bonds is 3. The van der Waals surface area contributed by atoms with Gasteiger partial charge in [-0.3, -0.25) is 4.99 Å². The van der Waals surface area contributed by atoms with E-state index in [-0.39, 0.29) is 0 Å². The van der Waals surface area contributed by atoms with Crippen molar-refractivity contribution in [2.75, 3.05) is 20.7 Å². The third-order valence-electron chi connectivity index (χ3n) is 4.10. The molecule has 0 spiro atoms. The van der Waals surface area contributed by atoms with Crippen LogP contribution in [-0.2, 0) is 0 Å². The highest BCUT2D eigenvalue weighted by molar-refractivity contribution is 5.79. The van der Waals surface area contributed by atoms with Crippen molar-refractivity contribution in [2.24, 2.45) is 10.9 Å². The van der Waals surface area contributed by atoms with Gasteiger partial charge in [0.15, 0.2) is 0 Å². The first-order valence-corrected chi connectivity index (χ1v) is 6.97. The number of piperidine rings is 1. The molecule has 1 aliphatic heterocycles. The Labute approximate surface area is 116 Å². The number of ether oxygens (including phenoxy) is 1. The lowest BCUT2D eigenvalue weighted by Gasteiger charge is -2.37. The molecule has 1 saturated heterocycles. The van der Waals surface area contributed by atoms with Gasteiger partial charge in [0.1, 0.15) is 5.75 Å². The van der Waals surface area contributed by atoms with Gasteiger partial charge in [0.05, 0.1) is 13.2 Å². The summed E-state index contributed by atoms with van der Waals surface area (Å²) in [4.78, 5) is 7.20. The van der Waals surface area contributed by atoms with Gasteiger partial charge in [-0.25, -0.2) is 0 Å². The van der Waals surface area contributed by atoms with Gasteiger partial charge in [-0.05, 0) is 56.1 Å². The van der Waals surface area contributed by atoms with Crippen molar-refractivity contribution in [1.29, 1.82) is 0 Å². The molecule has 0 radical (unpaired) electrons. The van der Waals surface area contributed by atoms with Crippen LogP contribution in [0.2, 0.25) is 0 Å². The average molecular weight is 260 g/mol. The van der Waals surface area contributed by atoms with Crippen molar-refractivity contribution >= 4 is 6.21 Å². The van der Waals surface area contributed by atoms with Crippen LogP contribution in [0.3, 0.4) is 0 Å². The van der Waals surface area contributed by atoms with Crippen molar-refractivity contribution in [3.63, 3.8) is 0 Å². The first-order chi connectivity index (χ1) is 9.10. The summed E-state index contributed by atoms with van der Waals surface area (Å²) in [6.45, 7) is 5.70. The van der Waals surface area contributed by atoms with Crippen LogP contribution in [0, 0.1) is 5.92 Å². The third kappa shape index (κ3) is 3.57. The average Bonchev–Trinajstić information content (AvgIpc) is 2.42. The minimum absolute atomic E-state index is 0.438. The molecule has 0 N–H and O–H groups in total. The van der Waals surface area contributed by atoms with Gasteiger partial charge in [0.2, 0.25) is 0 Å². The van der Waals surface area contributed by atoms with Crippen molar-refractivity contribution in [1.82, 2.24) is 4.90 Å². The summed E-state index contributed by atoms with van der Waals surface area (Å²) in [5.41, 5.74) is 1.14. The van der Waals surface area contributed by atoms with E-state index in [4.69, 9.17) is 9.73 Å². The van der Waals surface area contributed by atoms with E-state index in [1.165, 1.54) is 0 Å². The molecule has 1 aromatic rings. The van der Waals surface area contributed by atoms with Gasteiger partial charge in [0.25, 0.3) is 0 Å². The van der Waals surface area contributed by atoms with Crippen LogP contribution >= 0.6 is 0 Å². The van der Waals surface area contributed by atoms with Crippen molar-refractivity contribution < 1.29 is 4.74 Å². The van der Waals surface area contributed by atoms with Gasteiger partial charge >= 0.3 is 0 Å². The number of methoxy groups -OCH3 is 1. The Balaban J connectivity index is 2.00. The zero-order valence-electron chi connectivity index (χ0n) is 12.3. The van der Waals surface area contributed by atoms with Crippen LogP contribution < -0.4 is 4.74 Å². The predicted octanol–water partition coefficient (Wildman–Crippen LogP) is 2.84. The summed E-state index contributed by atoms with van der Waals surface area (Å²) in [6.07, 6.45) is 3.14. The lowest BCUT2D eigenvalue weighted by atomic mass is 9.90. The molecule has 1 heterocycles. The second-order valence-corrected chi connectivity index (χ2v) is 5.62. The largest absolute Gasteiger partial charge is 0.497 e. The molecule has 3 heteroatoms. The molecule has 1 fully saturated rings. The predicted molar refractivity (Wildman–Crippen MR) is 80.2 cm³/mol. The van der Waals surface area contributed by atoms with Gasteiger partial charge in [-0.2, -0.15) is 0 Å². The first-order valence-electron chi connectivity index (χ1n) is 6.97. The van der Waals surface area contributed by atoms with E-state index in [0.29, 0.717) is 18.0 Å². The maximum absolute atomic E-state index is 5.16. The maximum atomic E-state index is 5.16. The van der Waals surface area contributed by atoms with Crippen LogP contribution in [0.4, 0.5) is 0 Å². The summed E-state index contributed by atoms with van der Waals surface area (Å²) in [5.74, 6) is 1.51. The van der Waals surface area contributed by atoms with E-state index in [0.717, 1.165) is 24.3 Å². The minimum atomic E-state index is 0.438. The number of hydrogen-bond donors (Lipinski definition) is 0. The lowest BCUT2D eigenvalue weighted by molar-refractivity contribution is 0.139. The summed E-state index contributed by atoms with van der Waals surface area (Å²) < 4.78 is 5.16. The van der Waals surface area contributed by atoms with E-state index >= 15 is 0 Å². The number of hydrogen-bond acceptors (Lipinski definition) is 3. The molecule has 0 aromatic heterocycles. The molecular formula is C16H24N2O. The fourth-order valence-corrected chi connectivity index (χ4v) is 2.60. The number of benzene rings is 1. The molecule has 0 unspecified atom stereocenters. The third-order valence-corrected chi connectivity index (χ3v) is 4.10. The summed E-state index contributed by atoms with van der Waals surface area (Å²) in [6, 6.07) is 9.10. The molecule has 0 bridgehead atoms. The normalized spacial score (nSPS) is 28.7. The zero-order valence-corrected chi connectivity index (χ0v) is 12.3. The van der Waals surface area contributed by atoms with Crippen LogP contribution in [0.15, 0.2) is 29.3 Å². The molecule has 0 saturated carbocycles. The number of likely N-dealkylation sites (tertiary alicyclic amines) is 1. The Morgan fingerprint density at radius 3 is 2.58 bits per heavy atom. The van der Waals surface area contributed by atoms with E-state index in [9.17, 15) is 0 Å². The SMILES string of the molecule is COc1ccc(C=N[C@H]2C[C@H](C)N(C)C[C@@H]2C)cc1. The molecule has 19 heavy (non-hydrogen) atoms. The Kier molecular flexibility index (Phi) is 4.59. The minimum Gasteiger partial charge on any atom is -0.497 e. The van der Waals surface area contributed by atoms with Gasteiger partial charge in [0, 0.05) is 18.8 Å². The highest BCUT2D eigenvalue weighted by Crippen LogP contribution is 2.23.